The number of alkyl halides is 3. The Balaban J connectivity index is 0.831. The molecule has 1 saturated carbocycles. The summed E-state index contributed by atoms with van der Waals surface area (Å²) >= 11 is 0. The topological polar surface area (TPSA) is 181 Å². The average Bonchev–Trinajstić information content (AvgIpc) is 3.71. The van der Waals surface area contributed by atoms with E-state index in [2.05, 4.69) is 35.8 Å². The third-order valence-corrected chi connectivity index (χ3v) is 10.5. The van der Waals surface area contributed by atoms with Crippen molar-refractivity contribution < 1.29 is 41.9 Å². The third kappa shape index (κ3) is 6.60. The summed E-state index contributed by atoms with van der Waals surface area (Å²) in [6.07, 6.45) is -0.872. The standard InChI is InChI=1S/C36H34F3N9O6/c37-36(38,39)35-44-43-26-11-13-28(45-48(26)35)54-21-7-5-20(6-8-21)41-33(52)19-4-10-25(40-18-19)47-16-14-46(15-17-47)24-3-1-2-22-29(24)32(51)30(31(22)50)23-9-12-27(49)42-34(23)53/h1-4,10-11,13,18,20-21,23,30H,5-9,12,14-17H2,(H,41,52)(H,42,49,53). The second-order valence-corrected chi connectivity index (χ2v) is 13.9. The van der Waals surface area contributed by atoms with Gasteiger partial charge in [-0.25, -0.2) is 4.98 Å². The van der Waals surface area contributed by atoms with Gasteiger partial charge in [0.05, 0.1) is 23.0 Å². The van der Waals surface area contributed by atoms with E-state index in [-0.39, 0.29) is 54.0 Å². The molecular formula is C36H34F3N9O6. The lowest BCUT2D eigenvalue weighted by Crippen LogP contribution is -2.47. The van der Waals surface area contributed by atoms with Crippen LogP contribution < -0.4 is 25.2 Å². The number of halogens is 3. The molecule has 54 heavy (non-hydrogen) atoms. The number of hydrogen-bond donors (Lipinski definition) is 2. The van der Waals surface area contributed by atoms with Crippen molar-refractivity contribution >= 4 is 46.4 Å². The third-order valence-electron chi connectivity index (χ3n) is 10.5. The Labute approximate surface area is 305 Å². The lowest BCUT2D eigenvalue weighted by atomic mass is 9.82. The first kappa shape index (κ1) is 35.1. The van der Waals surface area contributed by atoms with Crippen LogP contribution in [0.15, 0.2) is 48.7 Å². The molecule has 2 aliphatic carbocycles. The number of piperidine rings is 1. The van der Waals surface area contributed by atoms with Gasteiger partial charge >= 0.3 is 6.18 Å². The molecule has 2 saturated heterocycles. The van der Waals surface area contributed by atoms with Crippen LogP contribution in [0.3, 0.4) is 0 Å². The number of carbonyl (C=O) groups excluding carboxylic acids is 5. The van der Waals surface area contributed by atoms with Crippen LogP contribution >= 0.6 is 0 Å². The molecule has 5 heterocycles. The highest BCUT2D eigenvalue weighted by atomic mass is 19.4. The zero-order valence-corrected chi connectivity index (χ0v) is 28.7. The fourth-order valence-corrected chi connectivity index (χ4v) is 7.76. The maximum Gasteiger partial charge on any atom is 0.453 e. The molecule has 0 bridgehead atoms. The van der Waals surface area contributed by atoms with Crippen molar-refractivity contribution in [1.29, 1.82) is 0 Å². The molecule has 4 aromatic rings. The SMILES string of the molecule is O=C1CCC(C2C(=O)c3cccc(N4CCN(c5ccc(C(=O)NC6CCC(Oc7ccc8nnc(C(F)(F)F)n8n7)CC6)cn5)CC4)c3C2=O)C(=O)N1. The van der Waals surface area contributed by atoms with Gasteiger partial charge in [0, 0.05) is 62.2 Å². The summed E-state index contributed by atoms with van der Waals surface area (Å²) in [6, 6.07) is 11.4. The summed E-state index contributed by atoms with van der Waals surface area (Å²) in [7, 11) is 0. The van der Waals surface area contributed by atoms with Crippen molar-refractivity contribution in [3.05, 3.63) is 71.2 Å². The summed E-state index contributed by atoms with van der Waals surface area (Å²) in [4.78, 5) is 72.9. The van der Waals surface area contributed by atoms with Crippen molar-refractivity contribution in [1.82, 2.24) is 35.4 Å². The number of aromatic nitrogens is 5. The quantitative estimate of drug-likeness (QED) is 0.209. The fraction of sp³-hybridized carbons (Fsp3) is 0.417. The predicted octanol–water partition coefficient (Wildman–Crippen LogP) is 3.03. The minimum atomic E-state index is -4.71. The van der Waals surface area contributed by atoms with Gasteiger partial charge in [0.25, 0.3) is 11.7 Å². The van der Waals surface area contributed by atoms with Gasteiger partial charge in [-0.2, -0.15) is 17.7 Å². The lowest BCUT2D eigenvalue weighted by Gasteiger charge is -2.37. The Hall–Kier alpha value is -5.94. The maximum absolute atomic E-state index is 13.6. The van der Waals surface area contributed by atoms with Crippen LogP contribution in [0.25, 0.3) is 5.65 Å². The number of benzene rings is 1. The fourth-order valence-electron chi connectivity index (χ4n) is 7.76. The van der Waals surface area contributed by atoms with E-state index in [9.17, 15) is 37.1 Å². The Morgan fingerprint density at radius 2 is 1.63 bits per heavy atom. The van der Waals surface area contributed by atoms with Crippen LogP contribution in [-0.2, 0) is 15.8 Å². The Bertz CT molecular complexity index is 2160. The second kappa shape index (κ2) is 13.8. The van der Waals surface area contributed by atoms with Crippen LogP contribution in [0.2, 0.25) is 0 Å². The van der Waals surface area contributed by atoms with Gasteiger partial charge in [-0.15, -0.1) is 15.3 Å². The van der Waals surface area contributed by atoms with E-state index in [1.54, 1.807) is 24.3 Å². The first-order chi connectivity index (χ1) is 25.9. The van der Waals surface area contributed by atoms with E-state index < -0.39 is 35.7 Å². The van der Waals surface area contributed by atoms with Crippen LogP contribution in [0.4, 0.5) is 24.7 Å². The molecule has 0 spiro atoms. The molecule has 2 atom stereocenters. The van der Waals surface area contributed by atoms with Gasteiger partial charge in [0.2, 0.25) is 17.7 Å². The molecule has 8 rings (SSSR count). The highest BCUT2D eigenvalue weighted by Crippen LogP contribution is 2.40. The lowest BCUT2D eigenvalue weighted by molar-refractivity contribution is -0.146. The molecule has 18 heteroatoms. The molecule has 2 unspecified atom stereocenters. The van der Waals surface area contributed by atoms with E-state index in [0.29, 0.717) is 84.6 Å². The second-order valence-electron chi connectivity index (χ2n) is 13.9. The molecule has 1 aromatic carbocycles. The smallest absolute Gasteiger partial charge is 0.453 e. The number of anilines is 2. The van der Waals surface area contributed by atoms with Crippen molar-refractivity contribution in [3.63, 3.8) is 0 Å². The monoisotopic (exact) mass is 745 g/mol. The molecule has 280 valence electrons. The number of nitrogens with zero attached hydrogens (tertiary/aromatic N) is 7. The Kier molecular flexibility index (Phi) is 8.97. The molecule has 3 aromatic heterocycles. The molecule has 0 radical (unpaired) electrons. The van der Waals surface area contributed by atoms with E-state index in [1.165, 1.54) is 18.3 Å². The Morgan fingerprint density at radius 3 is 2.33 bits per heavy atom. The number of amides is 3. The number of rotatable bonds is 7. The predicted molar refractivity (Wildman–Crippen MR) is 183 cm³/mol. The number of imide groups is 1. The number of pyridine rings is 1. The molecular weight excluding hydrogens is 711 g/mol. The van der Waals surface area contributed by atoms with Crippen molar-refractivity contribution in [3.8, 4) is 5.88 Å². The Morgan fingerprint density at radius 1 is 0.870 bits per heavy atom. The number of ether oxygens (including phenoxy) is 1. The van der Waals surface area contributed by atoms with Gasteiger partial charge in [0.1, 0.15) is 11.9 Å². The van der Waals surface area contributed by atoms with E-state index in [0.717, 1.165) is 0 Å². The maximum atomic E-state index is 13.6. The first-order valence-electron chi connectivity index (χ1n) is 17.7. The van der Waals surface area contributed by atoms with Gasteiger partial charge in [-0.05, 0) is 56.4 Å². The van der Waals surface area contributed by atoms with Crippen molar-refractivity contribution in [2.24, 2.45) is 11.8 Å². The normalized spacial score (nSPS) is 23.4. The van der Waals surface area contributed by atoms with Crippen LogP contribution in [0.5, 0.6) is 5.88 Å². The van der Waals surface area contributed by atoms with Gasteiger partial charge < -0.3 is 19.9 Å². The molecule has 15 nitrogen and oxygen atoms in total. The number of fused-ring (bicyclic) bond motifs is 2. The van der Waals surface area contributed by atoms with Gasteiger partial charge in [-0.3, -0.25) is 29.3 Å². The van der Waals surface area contributed by atoms with Crippen molar-refractivity contribution in [2.75, 3.05) is 36.0 Å². The number of hydrogen-bond acceptors (Lipinski definition) is 12. The number of Topliss-reactive ketones (excluding diaryl/α,β-unsaturated/α-hetero) is 2. The van der Waals surface area contributed by atoms with E-state index in [1.807, 2.05) is 11.0 Å². The first-order valence-corrected chi connectivity index (χ1v) is 17.7. The van der Waals surface area contributed by atoms with Crippen LogP contribution in [-0.4, -0.2) is 92.4 Å². The molecule has 4 aliphatic rings. The summed E-state index contributed by atoms with van der Waals surface area (Å²) in [5, 5.41) is 15.9. The number of piperazine rings is 1. The number of nitrogens with one attached hydrogen (secondary N) is 2. The van der Waals surface area contributed by atoms with E-state index in [4.69, 9.17) is 4.74 Å². The van der Waals surface area contributed by atoms with Crippen molar-refractivity contribution in [2.45, 2.75) is 56.8 Å². The average molecular weight is 746 g/mol. The van der Waals surface area contributed by atoms with Crippen LogP contribution in [0, 0.1) is 11.8 Å². The van der Waals surface area contributed by atoms with Gasteiger partial charge in [0.15, 0.2) is 17.2 Å². The molecule has 2 aliphatic heterocycles. The highest BCUT2D eigenvalue weighted by molar-refractivity contribution is 6.30. The molecule has 2 N–H and O–H groups in total. The number of carbonyl (C=O) groups is 5. The molecule has 3 amide bonds. The highest BCUT2D eigenvalue weighted by Gasteiger charge is 2.49. The minimum Gasteiger partial charge on any atom is -0.473 e. The minimum absolute atomic E-state index is 0.0307. The van der Waals surface area contributed by atoms with E-state index >= 15 is 0 Å². The number of ketones is 2. The largest absolute Gasteiger partial charge is 0.473 e. The van der Waals surface area contributed by atoms with Gasteiger partial charge in [-0.1, -0.05) is 12.1 Å². The summed E-state index contributed by atoms with van der Waals surface area (Å²) in [5.41, 5.74) is 1.63. The summed E-state index contributed by atoms with van der Waals surface area (Å²) in [5.74, 6) is -4.54. The zero-order chi connectivity index (χ0) is 37.7. The zero-order valence-electron chi connectivity index (χ0n) is 28.7. The molecule has 3 fully saturated rings. The summed E-state index contributed by atoms with van der Waals surface area (Å²) < 4.78 is 46.2. The summed E-state index contributed by atoms with van der Waals surface area (Å²) in [6.45, 7) is 2.21. The van der Waals surface area contributed by atoms with Crippen LogP contribution in [0.1, 0.15) is 75.4 Å².